The summed E-state index contributed by atoms with van der Waals surface area (Å²) in [4.78, 5) is 8.87. The maximum Gasteiger partial charge on any atom is 0.194 e. The lowest BCUT2D eigenvalue weighted by Crippen LogP contribution is -2.52. The van der Waals surface area contributed by atoms with E-state index in [1.165, 1.54) is 6.07 Å². The Kier molecular flexibility index (Phi) is 8.15. The predicted octanol–water partition coefficient (Wildman–Crippen LogP) is 3.35. The summed E-state index contributed by atoms with van der Waals surface area (Å²) in [7, 11) is 3.46. The standard InChI is InChI=1S/C20H25FN4O.HI/c1-22-20(23-15-16-7-3-4-8-17(16)21)25-13-11-24(12-14-25)18-9-5-6-10-19(18)26-2;/h3-10H,11-15H2,1-2H3,(H,22,23);1H. The first-order valence-electron chi connectivity index (χ1n) is 8.80. The molecule has 7 heteroatoms. The molecule has 1 N–H and O–H groups in total. The van der Waals surface area contributed by atoms with Gasteiger partial charge in [0.05, 0.1) is 12.8 Å². The molecule has 0 unspecified atom stereocenters. The van der Waals surface area contributed by atoms with Gasteiger partial charge in [0.1, 0.15) is 11.6 Å². The summed E-state index contributed by atoms with van der Waals surface area (Å²) in [6, 6.07) is 14.9. The van der Waals surface area contributed by atoms with Gasteiger partial charge in [0.2, 0.25) is 0 Å². The Labute approximate surface area is 177 Å². The largest absolute Gasteiger partial charge is 0.495 e. The smallest absolute Gasteiger partial charge is 0.194 e. The van der Waals surface area contributed by atoms with Crippen molar-refractivity contribution in [1.29, 1.82) is 0 Å². The van der Waals surface area contributed by atoms with E-state index >= 15 is 0 Å². The second kappa shape index (κ2) is 10.3. The van der Waals surface area contributed by atoms with Crippen molar-refractivity contribution in [2.75, 3.05) is 45.2 Å². The molecule has 5 nitrogen and oxygen atoms in total. The summed E-state index contributed by atoms with van der Waals surface area (Å²) >= 11 is 0. The number of nitrogens with zero attached hydrogens (tertiary/aromatic N) is 3. The maximum absolute atomic E-state index is 13.8. The van der Waals surface area contributed by atoms with Crippen molar-refractivity contribution in [3.05, 3.63) is 59.9 Å². The van der Waals surface area contributed by atoms with Crippen LogP contribution in [0.15, 0.2) is 53.5 Å². The number of piperazine rings is 1. The zero-order valence-electron chi connectivity index (χ0n) is 15.7. The van der Waals surface area contributed by atoms with Crippen LogP contribution in [0.3, 0.4) is 0 Å². The van der Waals surface area contributed by atoms with Gasteiger partial charge in [0.25, 0.3) is 0 Å². The number of ether oxygens (including phenoxy) is 1. The summed E-state index contributed by atoms with van der Waals surface area (Å²) in [5.41, 5.74) is 1.75. The molecule has 2 aromatic rings. The monoisotopic (exact) mass is 484 g/mol. The van der Waals surface area contributed by atoms with Crippen molar-refractivity contribution in [2.45, 2.75) is 6.54 Å². The van der Waals surface area contributed by atoms with E-state index in [0.717, 1.165) is 43.6 Å². The van der Waals surface area contributed by atoms with Gasteiger partial charge in [0.15, 0.2) is 5.96 Å². The highest BCUT2D eigenvalue weighted by atomic mass is 127. The van der Waals surface area contributed by atoms with Crippen molar-refractivity contribution in [1.82, 2.24) is 10.2 Å². The van der Waals surface area contributed by atoms with E-state index in [1.54, 1.807) is 26.3 Å². The second-order valence-electron chi connectivity index (χ2n) is 6.14. The number of aliphatic imine (C=N–C) groups is 1. The van der Waals surface area contributed by atoms with Gasteiger partial charge in [-0.2, -0.15) is 0 Å². The van der Waals surface area contributed by atoms with E-state index in [2.05, 4.69) is 26.2 Å². The topological polar surface area (TPSA) is 40.1 Å². The van der Waals surface area contributed by atoms with Gasteiger partial charge in [-0.05, 0) is 18.2 Å². The first-order valence-corrected chi connectivity index (χ1v) is 8.80. The molecular weight excluding hydrogens is 458 g/mol. The van der Waals surface area contributed by atoms with Gasteiger partial charge in [-0.25, -0.2) is 4.39 Å². The molecular formula is C20H26FIN4O. The fraction of sp³-hybridized carbons (Fsp3) is 0.350. The second-order valence-corrected chi connectivity index (χ2v) is 6.14. The number of guanidine groups is 1. The van der Waals surface area contributed by atoms with Crippen LogP contribution in [0.2, 0.25) is 0 Å². The van der Waals surface area contributed by atoms with E-state index < -0.39 is 0 Å². The van der Waals surface area contributed by atoms with Crippen LogP contribution in [0.25, 0.3) is 0 Å². The molecule has 0 radical (unpaired) electrons. The Hall–Kier alpha value is -2.03. The number of nitrogens with one attached hydrogen (secondary N) is 1. The highest BCUT2D eigenvalue weighted by molar-refractivity contribution is 14.0. The third-order valence-electron chi connectivity index (χ3n) is 4.61. The molecule has 0 atom stereocenters. The Morgan fingerprint density at radius 1 is 1.07 bits per heavy atom. The van der Waals surface area contributed by atoms with Crippen molar-refractivity contribution in [3.8, 4) is 5.75 Å². The molecule has 1 aliphatic rings. The molecule has 27 heavy (non-hydrogen) atoms. The van der Waals surface area contributed by atoms with Crippen LogP contribution in [0.4, 0.5) is 10.1 Å². The van der Waals surface area contributed by atoms with Gasteiger partial charge in [-0.15, -0.1) is 24.0 Å². The SMILES string of the molecule is CN=C(NCc1ccccc1F)N1CCN(c2ccccc2OC)CC1.I. The predicted molar refractivity (Wildman–Crippen MR) is 119 cm³/mol. The molecule has 1 aliphatic heterocycles. The van der Waals surface area contributed by atoms with Crippen molar-refractivity contribution in [3.63, 3.8) is 0 Å². The lowest BCUT2D eigenvalue weighted by molar-refractivity contribution is 0.366. The molecule has 0 aliphatic carbocycles. The number of para-hydroxylation sites is 2. The molecule has 146 valence electrons. The molecule has 0 spiro atoms. The van der Waals surface area contributed by atoms with Crippen LogP contribution >= 0.6 is 24.0 Å². The summed E-state index contributed by atoms with van der Waals surface area (Å²) < 4.78 is 19.3. The van der Waals surface area contributed by atoms with E-state index in [-0.39, 0.29) is 29.8 Å². The minimum absolute atomic E-state index is 0. The quantitative estimate of drug-likeness (QED) is 0.411. The molecule has 0 amide bonds. The minimum Gasteiger partial charge on any atom is -0.495 e. The average molecular weight is 484 g/mol. The van der Waals surface area contributed by atoms with E-state index in [4.69, 9.17) is 4.74 Å². The van der Waals surface area contributed by atoms with Crippen LogP contribution in [0, 0.1) is 5.82 Å². The normalized spacial score (nSPS) is 14.6. The maximum atomic E-state index is 13.8. The summed E-state index contributed by atoms with van der Waals surface area (Å²) in [5, 5.41) is 3.27. The Balaban J connectivity index is 0.00000261. The molecule has 1 heterocycles. The van der Waals surface area contributed by atoms with E-state index in [0.29, 0.717) is 12.1 Å². The molecule has 1 saturated heterocycles. The molecule has 3 rings (SSSR count). The number of hydrogen-bond acceptors (Lipinski definition) is 3. The number of halogens is 2. The Morgan fingerprint density at radius 3 is 2.41 bits per heavy atom. The number of rotatable bonds is 4. The van der Waals surface area contributed by atoms with Gasteiger partial charge >= 0.3 is 0 Å². The highest BCUT2D eigenvalue weighted by Crippen LogP contribution is 2.28. The third kappa shape index (κ3) is 5.24. The van der Waals surface area contributed by atoms with Crippen molar-refractivity contribution >= 4 is 35.6 Å². The van der Waals surface area contributed by atoms with Gasteiger partial charge in [-0.3, -0.25) is 4.99 Å². The zero-order valence-corrected chi connectivity index (χ0v) is 18.0. The van der Waals surface area contributed by atoms with Gasteiger partial charge in [-0.1, -0.05) is 30.3 Å². The lowest BCUT2D eigenvalue weighted by atomic mass is 10.2. The van der Waals surface area contributed by atoms with Crippen LogP contribution in [0.5, 0.6) is 5.75 Å². The molecule has 0 bridgehead atoms. The molecule has 1 fully saturated rings. The third-order valence-corrected chi connectivity index (χ3v) is 4.61. The number of hydrogen-bond donors (Lipinski definition) is 1. The number of anilines is 1. The molecule has 2 aromatic carbocycles. The van der Waals surface area contributed by atoms with Crippen LogP contribution in [-0.2, 0) is 6.54 Å². The van der Waals surface area contributed by atoms with Crippen molar-refractivity contribution < 1.29 is 9.13 Å². The minimum atomic E-state index is -0.198. The first-order chi connectivity index (χ1) is 12.7. The average Bonchev–Trinajstić information content (AvgIpc) is 2.70. The first kappa shape index (κ1) is 21.3. The summed E-state index contributed by atoms with van der Waals surface area (Å²) in [5.74, 6) is 1.49. The van der Waals surface area contributed by atoms with Crippen LogP contribution in [0.1, 0.15) is 5.56 Å². The van der Waals surface area contributed by atoms with E-state index in [1.807, 2.05) is 24.3 Å². The van der Waals surface area contributed by atoms with Gasteiger partial charge in [0, 0.05) is 45.3 Å². The van der Waals surface area contributed by atoms with Crippen LogP contribution in [-0.4, -0.2) is 51.2 Å². The highest BCUT2D eigenvalue weighted by Gasteiger charge is 2.21. The Bertz CT molecular complexity index is 763. The molecule has 0 saturated carbocycles. The van der Waals surface area contributed by atoms with E-state index in [9.17, 15) is 4.39 Å². The summed E-state index contributed by atoms with van der Waals surface area (Å²) in [6.07, 6.45) is 0. The Morgan fingerprint density at radius 2 is 1.74 bits per heavy atom. The van der Waals surface area contributed by atoms with Crippen LogP contribution < -0.4 is 15.0 Å². The summed E-state index contributed by atoms with van der Waals surface area (Å²) in [6.45, 7) is 3.86. The fourth-order valence-electron chi connectivity index (χ4n) is 3.20. The van der Waals surface area contributed by atoms with Crippen molar-refractivity contribution in [2.24, 2.45) is 4.99 Å². The lowest BCUT2D eigenvalue weighted by Gasteiger charge is -2.38. The zero-order chi connectivity index (χ0) is 18.4. The van der Waals surface area contributed by atoms with Gasteiger partial charge < -0.3 is 19.9 Å². The fourth-order valence-corrected chi connectivity index (χ4v) is 3.20. The number of benzene rings is 2. The molecule has 0 aromatic heterocycles. The number of methoxy groups -OCH3 is 1.